The second-order valence-electron chi connectivity index (χ2n) is 11.6. The van der Waals surface area contributed by atoms with E-state index in [1.54, 1.807) is 0 Å². The van der Waals surface area contributed by atoms with Crippen LogP contribution < -0.4 is 0 Å². The molecule has 0 aliphatic heterocycles. The zero-order chi connectivity index (χ0) is 30.6. The van der Waals surface area contributed by atoms with Gasteiger partial charge in [-0.2, -0.15) is 5.26 Å². The molecule has 0 saturated heterocycles. The van der Waals surface area contributed by atoms with E-state index in [2.05, 4.69) is 127 Å². The maximum atomic E-state index is 10.1. The highest BCUT2D eigenvalue weighted by atomic mass is 32.1. The summed E-state index contributed by atoms with van der Waals surface area (Å²) in [6.07, 6.45) is 0. The van der Waals surface area contributed by atoms with Crippen molar-refractivity contribution in [1.82, 2.24) is 0 Å². The van der Waals surface area contributed by atoms with Crippen molar-refractivity contribution in [3.8, 4) is 50.6 Å². The summed E-state index contributed by atoms with van der Waals surface area (Å²) in [6.45, 7) is 0. The normalized spacial score (nSPS) is 11.5. The van der Waals surface area contributed by atoms with Crippen molar-refractivity contribution in [2.45, 2.75) is 0 Å². The summed E-state index contributed by atoms with van der Waals surface area (Å²) in [5.74, 6) is 0. The van der Waals surface area contributed by atoms with Gasteiger partial charge in [-0.1, -0.05) is 91.0 Å². The molecule has 0 radical (unpaired) electrons. The van der Waals surface area contributed by atoms with Gasteiger partial charge in [-0.15, -0.1) is 22.7 Å². The van der Waals surface area contributed by atoms with Crippen LogP contribution in [0.5, 0.6) is 0 Å². The predicted molar refractivity (Wildman–Crippen MR) is 199 cm³/mol. The molecule has 0 aliphatic carbocycles. The molecule has 0 bridgehead atoms. The highest BCUT2D eigenvalue weighted by molar-refractivity contribution is 7.26. The zero-order valence-corrected chi connectivity index (χ0v) is 26.3. The molecule has 0 saturated carbocycles. The van der Waals surface area contributed by atoms with E-state index in [0.29, 0.717) is 5.56 Å². The average molecular weight is 620 g/mol. The largest absolute Gasteiger partial charge is 0.192 e. The van der Waals surface area contributed by atoms with E-state index in [1.165, 1.54) is 62.6 Å². The van der Waals surface area contributed by atoms with Gasteiger partial charge in [-0.25, -0.2) is 0 Å². The molecular formula is C43H25NS2. The second-order valence-corrected chi connectivity index (χ2v) is 13.8. The minimum Gasteiger partial charge on any atom is -0.192 e. The first-order valence-corrected chi connectivity index (χ1v) is 16.9. The standard InChI is InChI=1S/C43H25NS2/c44-26-27-20-29(28-10-2-1-3-11-28)22-30(21-27)31-23-32(34-14-8-18-40-42(34)36-12-4-6-16-38(36)45-40)25-33(24-31)35-15-9-19-41-43(35)37-13-5-7-17-39(37)46-41/h1-25H. The summed E-state index contributed by atoms with van der Waals surface area (Å²) < 4.78 is 5.17. The average Bonchev–Trinajstić information content (AvgIpc) is 3.70. The van der Waals surface area contributed by atoms with Gasteiger partial charge in [0.15, 0.2) is 0 Å². The summed E-state index contributed by atoms with van der Waals surface area (Å²) in [6, 6.07) is 56.7. The first-order valence-electron chi connectivity index (χ1n) is 15.3. The van der Waals surface area contributed by atoms with E-state index in [-0.39, 0.29) is 0 Å². The number of nitriles is 1. The lowest BCUT2D eigenvalue weighted by atomic mass is 9.89. The smallest absolute Gasteiger partial charge is 0.0992 e. The highest BCUT2D eigenvalue weighted by Crippen LogP contribution is 2.45. The molecule has 9 rings (SSSR count). The van der Waals surface area contributed by atoms with E-state index in [0.717, 1.165) is 22.3 Å². The Morgan fingerprint density at radius 1 is 0.370 bits per heavy atom. The number of hydrogen-bond donors (Lipinski definition) is 0. The Morgan fingerprint density at radius 2 is 0.804 bits per heavy atom. The van der Waals surface area contributed by atoms with Crippen LogP contribution in [-0.4, -0.2) is 0 Å². The molecule has 46 heavy (non-hydrogen) atoms. The minimum atomic E-state index is 0.653. The Morgan fingerprint density at radius 3 is 1.37 bits per heavy atom. The predicted octanol–water partition coefficient (Wildman–Crippen LogP) is 13.0. The van der Waals surface area contributed by atoms with Crippen molar-refractivity contribution in [2.24, 2.45) is 0 Å². The lowest BCUT2D eigenvalue weighted by molar-refractivity contribution is 1.48. The third kappa shape index (κ3) is 4.43. The van der Waals surface area contributed by atoms with Crippen molar-refractivity contribution in [2.75, 3.05) is 0 Å². The number of rotatable bonds is 4. The van der Waals surface area contributed by atoms with Crippen LogP contribution in [0, 0.1) is 11.3 Å². The van der Waals surface area contributed by atoms with Crippen LogP contribution >= 0.6 is 22.7 Å². The summed E-state index contributed by atoms with van der Waals surface area (Å²) in [7, 11) is 0. The fourth-order valence-corrected chi connectivity index (χ4v) is 9.06. The molecule has 0 N–H and O–H groups in total. The van der Waals surface area contributed by atoms with E-state index >= 15 is 0 Å². The Hall–Kier alpha value is -5.53. The molecule has 0 aliphatic rings. The first-order chi connectivity index (χ1) is 22.7. The van der Waals surface area contributed by atoms with Gasteiger partial charge in [0.05, 0.1) is 11.6 Å². The maximum absolute atomic E-state index is 10.1. The van der Waals surface area contributed by atoms with Gasteiger partial charge >= 0.3 is 0 Å². The molecule has 0 fully saturated rings. The van der Waals surface area contributed by atoms with Crippen LogP contribution in [0.25, 0.3) is 84.9 Å². The van der Waals surface area contributed by atoms with Crippen molar-refractivity contribution >= 4 is 63.0 Å². The van der Waals surface area contributed by atoms with Crippen LogP contribution in [0.2, 0.25) is 0 Å². The second kappa shape index (κ2) is 10.8. The molecule has 214 valence electrons. The van der Waals surface area contributed by atoms with Gasteiger partial charge in [0.1, 0.15) is 0 Å². The quantitative estimate of drug-likeness (QED) is 0.192. The van der Waals surface area contributed by atoms with E-state index in [4.69, 9.17) is 0 Å². The number of benzene rings is 7. The number of hydrogen-bond acceptors (Lipinski definition) is 3. The number of fused-ring (bicyclic) bond motifs is 6. The van der Waals surface area contributed by atoms with Gasteiger partial charge in [-0.3, -0.25) is 0 Å². The maximum Gasteiger partial charge on any atom is 0.0992 e. The molecule has 1 nitrogen and oxygen atoms in total. The SMILES string of the molecule is N#Cc1cc(-c2ccccc2)cc(-c2cc(-c3cccc4sc5ccccc5c34)cc(-c3cccc4sc5ccccc5c34)c2)c1. The van der Waals surface area contributed by atoms with Crippen LogP contribution in [0.4, 0.5) is 0 Å². The Bertz CT molecular complexity index is 2520. The van der Waals surface area contributed by atoms with Crippen molar-refractivity contribution in [1.29, 1.82) is 5.26 Å². The Labute approximate surface area is 274 Å². The molecule has 0 unspecified atom stereocenters. The zero-order valence-electron chi connectivity index (χ0n) is 24.7. The van der Waals surface area contributed by atoms with Crippen LogP contribution in [0.1, 0.15) is 5.56 Å². The third-order valence-electron chi connectivity index (χ3n) is 8.86. The summed E-state index contributed by atoms with van der Waals surface area (Å²) in [5.41, 5.74) is 9.70. The number of thiophene rings is 2. The lowest BCUT2D eigenvalue weighted by Gasteiger charge is -2.14. The van der Waals surface area contributed by atoms with Gasteiger partial charge in [-0.05, 0) is 105 Å². The molecule has 9 aromatic rings. The highest BCUT2D eigenvalue weighted by Gasteiger charge is 2.17. The van der Waals surface area contributed by atoms with Crippen LogP contribution in [0.3, 0.4) is 0 Å². The topological polar surface area (TPSA) is 23.8 Å². The molecular weight excluding hydrogens is 595 g/mol. The van der Waals surface area contributed by atoms with Gasteiger partial charge in [0.2, 0.25) is 0 Å². The summed E-state index contributed by atoms with van der Waals surface area (Å²) in [5, 5.41) is 15.2. The van der Waals surface area contributed by atoms with Crippen molar-refractivity contribution in [3.05, 3.63) is 157 Å². The summed E-state index contributed by atoms with van der Waals surface area (Å²) in [4.78, 5) is 0. The first kappa shape index (κ1) is 26.8. The Balaban J connectivity index is 1.35. The molecule has 0 atom stereocenters. The molecule has 7 aromatic carbocycles. The van der Waals surface area contributed by atoms with Crippen molar-refractivity contribution < 1.29 is 0 Å². The van der Waals surface area contributed by atoms with Crippen molar-refractivity contribution in [3.63, 3.8) is 0 Å². The van der Waals surface area contributed by atoms with Crippen LogP contribution in [0.15, 0.2) is 152 Å². The van der Waals surface area contributed by atoms with E-state index < -0.39 is 0 Å². The van der Waals surface area contributed by atoms with Crippen LogP contribution in [-0.2, 0) is 0 Å². The molecule has 0 amide bonds. The Kier molecular flexibility index (Phi) is 6.31. The van der Waals surface area contributed by atoms with Gasteiger partial charge < -0.3 is 0 Å². The fourth-order valence-electron chi connectivity index (χ4n) is 6.79. The monoisotopic (exact) mass is 619 g/mol. The van der Waals surface area contributed by atoms with Gasteiger partial charge in [0.25, 0.3) is 0 Å². The van der Waals surface area contributed by atoms with E-state index in [9.17, 15) is 5.26 Å². The molecule has 2 heterocycles. The molecule has 3 heteroatoms. The molecule has 2 aromatic heterocycles. The minimum absolute atomic E-state index is 0.653. The molecule has 0 spiro atoms. The lowest BCUT2D eigenvalue weighted by Crippen LogP contribution is -1.89. The third-order valence-corrected chi connectivity index (χ3v) is 11.1. The number of nitrogens with zero attached hydrogens (tertiary/aromatic N) is 1. The fraction of sp³-hybridized carbons (Fsp3) is 0. The summed E-state index contributed by atoms with van der Waals surface area (Å²) >= 11 is 3.69. The van der Waals surface area contributed by atoms with Gasteiger partial charge in [0, 0.05) is 40.3 Å². The van der Waals surface area contributed by atoms with E-state index in [1.807, 2.05) is 53.0 Å².